The zero-order chi connectivity index (χ0) is 13.5. The molecule has 0 aromatic rings. The molecule has 4 nitrogen and oxygen atoms in total. The van der Waals surface area contributed by atoms with Gasteiger partial charge in [0.25, 0.3) is 0 Å². The molecule has 0 aromatic heterocycles. The lowest BCUT2D eigenvalue weighted by Crippen LogP contribution is -2.48. The lowest BCUT2D eigenvalue weighted by Gasteiger charge is -2.36. The highest BCUT2D eigenvalue weighted by atomic mass is 16.6. The van der Waals surface area contributed by atoms with Gasteiger partial charge in [-0.2, -0.15) is 0 Å². The molecule has 0 aromatic carbocycles. The number of carbonyl (C=O) groups excluding carboxylic acids is 1. The first-order valence-corrected chi connectivity index (χ1v) is 6.65. The number of carbonyl (C=O) groups is 1. The van der Waals surface area contributed by atoms with Crippen LogP contribution in [-0.2, 0) is 9.53 Å². The number of quaternary nitrogens is 1. The Hall–Kier alpha value is -0.610. The predicted molar refractivity (Wildman–Crippen MR) is 75.8 cm³/mol. The van der Waals surface area contributed by atoms with E-state index in [9.17, 15) is 9.90 Å². The minimum atomic E-state index is -1.02. The highest BCUT2D eigenvalue weighted by molar-refractivity contribution is 5.69. The number of ether oxygens (including phenoxy) is 1. The van der Waals surface area contributed by atoms with Gasteiger partial charge >= 0.3 is 5.97 Å². The largest absolute Gasteiger partial charge is 0.457 e. The Morgan fingerprint density at radius 1 is 1.06 bits per heavy atom. The van der Waals surface area contributed by atoms with Crippen LogP contribution >= 0.6 is 0 Å². The SMILES string of the molecule is CCCCCCCC(=O)OC(C)(C)C(C)(C)O.[NH4+]. The van der Waals surface area contributed by atoms with Gasteiger partial charge in [0.2, 0.25) is 0 Å². The molecule has 110 valence electrons. The van der Waals surface area contributed by atoms with Gasteiger partial charge in [-0.05, 0) is 34.1 Å². The molecule has 0 bridgehead atoms. The molecule has 0 aliphatic rings. The molecule has 0 heterocycles. The van der Waals surface area contributed by atoms with Crippen molar-refractivity contribution in [2.45, 2.75) is 84.3 Å². The third kappa shape index (κ3) is 7.67. The van der Waals surface area contributed by atoms with Crippen molar-refractivity contribution < 1.29 is 14.6 Å². The van der Waals surface area contributed by atoms with E-state index < -0.39 is 11.2 Å². The summed E-state index contributed by atoms with van der Waals surface area (Å²) < 4.78 is 5.32. The summed E-state index contributed by atoms with van der Waals surface area (Å²) in [4.78, 5) is 11.6. The maximum Gasteiger partial charge on any atom is 0.306 e. The van der Waals surface area contributed by atoms with Crippen LogP contribution in [0, 0.1) is 0 Å². The van der Waals surface area contributed by atoms with E-state index in [1.54, 1.807) is 27.7 Å². The van der Waals surface area contributed by atoms with E-state index in [1.165, 1.54) is 19.3 Å². The molecule has 0 fully saturated rings. The van der Waals surface area contributed by atoms with Crippen LogP contribution in [0.2, 0.25) is 0 Å². The molecule has 0 spiro atoms. The molecule has 0 aliphatic heterocycles. The van der Waals surface area contributed by atoms with Crippen molar-refractivity contribution >= 4 is 5.97 Å². The van der Waals surface area contributed by atoms with Crippen molar-refractivity contribution in [2.24, 2.45) is 0 Å². The molecule has 0 unspecified atom stereocenters. The Morgan fingerprint density at radius 2 is 1.56 bits per heavy atom. The number of hydrogen-bond acceptors (Lipinski definition) is 3. The summed E-state index contributed by atoms with van der Waals surface area (Å²) in [6, 6.07) is 0. The molecule has 0 saturated carbocycles. The van der Waals surface area contributed by atoms with Crippen LogP contribution in [0.15, 0.2) is 0 Å². The minimum absolute atomic E-state index is 0. The van der Waals surface area contributed by atoms with Crippen LogP contribution in [0.1, 0.15) is 73.1 Å². The Labute approximate surface area is 112 Å². The lowest BCUT2D eigenvalue weighted by atomic mass is 9.89. The van der Waals surface area contributed by atoms with Crippen LogP contribution in [0.4, 0.5) is 0 Å². The second-order valence-electron chi connectivity index (χ2n) is 5.71. The third-order valence-electron chi connectivity index (χ3n) is 3.33. The van der Waals surface area contributed by atoms with Crippen molar-refractivity contribution in [3.05, 3.63) is 0 Å². The van der Waals surface area contributed by atoms with Gasteiger partial charge in [-0.15, -0.1) is 0 Å². The molecule has 18 heavy (non-hydrogen) atoms. The first-order chi connectivity index (χ1) is 7.70. The molecule has 4 heteroatoms. The second-order valence-corrected chi connectivity index (χ2v) is 5.71. The standard InChI is InChI=1S/C14H28O3.H3N/c1-6-7-8-9-10-11-12(15)17-14(4,5)13(2,3)16;/h16H,6-11H2,1-5H3;1H3/p+1. The summed E-state index contributed by atoms with van der Waals surface area (Å²) in [6.07, 6.45) is 6.01. The van der Waals surface area contributed by atoms with Gasteiger partial charge in [0.1, 0.15) is 5.60 Å². The van der Waals surface area contributed by atoms with Crippen molar-refractivity contribution in [3.63, 3.8) is 0 Å². The van der Waals surface area contributed by atoms with E-state index in [1.807, 2.05) is 0 Å². The van der Waals surface area contributed by atoms with Crippen molar-refractivity contribution in [1.29, 1.82) is 0 Å². The van der Waals surface area contributed by atoms with Crippen LogP contribution in [0.3, 0.4) is 0 Å². The molecular weight excluding hydrogens is 230 g/mol. The van der Waals surface area contributed by atoms with E-state index in [0.29, 0.717) is 6.42 Å². The molecule has 0 rings (SSSR count). The van der Waals surface area contributed by atoms with Crippen molar-refractivity contribution in [1.82, 2.24) is 6.15 Å². The van der Waals surface area contributed by atoms with E-state index in [-0.39, 0.29) is 12.1 Å². The second kappa shape index (κ2) is 8.48. The van der Waals surface area contributed by atoms with Gasteiger partial charge in [-0.1, -0.05) is 32.6 Å². The fraction of sp³-hybridized carbons (Fsp3) is 0.929. The maximum absolute atomic E-state index is 11.6. The Bertz CT molecular complexity index is 232. The number of esters is 1. The zero-order valence-electron chi connectivity index (χ0n) is 13.0. The first kappa shape index (κ1) is 19.7. The summed E-state index contributed by atoms with van der Waals surface area (Å²) in [6.45, 7) is 8.95. The topological polar surface area (TPSA) is 83.0 Å². The Morgan fingerprint density at radius 3 is 2.00 bits per heavy atom. The van der Waals surface area contributed by atoms with Crippen LogP contribution in [-0.4, -0.2) is 22.3 Å². The van der Waals surface area contributed by atoms with E-state index in [2.05, 4.69) is 6.92 Å². The predicted octanol–water partition coefficient (Wildman–Crippen LogP) is 3.82. The van der Waals surface area contributed by atoms with Crippen molar-refractivity contribution in [3.8, 4) is 0 Å². The van der Waals surface area contributed by atoms with Gasteiger partial charge in [-0.25, -0.2) is 0 Å². The van der Waals surface area contributed by atoms with Gasteiger partial charge < -0.3 is 16.0 Å². The summed E-state index contributed by atoms with van der Waals surface area (Å²) >= 11 is 0. The van der Waals surface area contributed by atoms with E-state index in [0.717, 1.165) is 12.8 Å². The van der Waals surface area contributed by atoms with Crippen LogP contribution in [0.25, 0.3) is 0 Å². The summed E-state index contributed by atoms with van der Waals surface area (Å²) in [5, 5.41) is 9.86. The average molecular weight is 262 g/mol. The monoisotopic (exact) mass is 262 g/mol. The van der Waals surface area contributed by atoms with Gasteiger partial charge in [0.05, 0.1) is 5.60 Å². The Kier molecular flexibility index (Phi) is 9.30. The van der Waals surface area contributed by atoms with Gasteiger partial charge in [0, 0.05) is 6.42 Å². The summed E-state index contributed by atoms with van der Waals surface area (Å²) in [5.41, 5.74) is -1.86. The molecule has 0 saturated heterocycles. The molecule has 0 atom stereocenters. The highest BCUT2D eigenvalue weighted by Crippen LogP contribution is 2.25. The molecule has 5 N–H and O–H groups in total. The average Bonchev–Trinajstić information content (AvgIpc) is 2.14. The summed E-state index contributed by atoms with van der Waals surface area (Å²) in [5.74, 6) is -0.214. The van der Waals surface area contributed by atoms with Crippen molar-refractivity contribution in [2.75, 3.05) is 0 Å². The normalized spacial score (nSPS) is 11.9. The third-order valence-corrected chi connectivity index (χ3v) is 3.33. The van der Waals surface area contributed by atoms with Gasteiger partial charge in [0.15, 0.2) is 0 Å². The number of hydrogen-bond donors (Lipinski definition) is 2. The number of rotatable bonds is 8. The minimum Gasteiger partial charge on any atom is -0.457 e. The van der Waals surface area contributed by atoms with E-state index >= 15 is 0 Å². The fourth-order valence-electron chi connectivity index (χ4n) is 1.33. The van der Waals surface area contributed by atoms with E-state index in [4.69, 9.17) is 4.74 Å². The highest BCUT2D eigenvalue weighted by Gasteiger charge is 2.38. The van der Waals surface area contributed by atoms with Crippen LogP contribution in [0.5, 0.6) is 0 Å². The van der Waals surface area contributed by atoms with Crippen LogP contribution < -0.4 is 6.15 Å². The summed E-state index contributed by atoms with van der Waals surface area (Å²) in [7, 11) is 0. The fourth-order valence-corrected chi connectivity index (χ4v) is 1.33. The zero-order valence-corrected chi connectivity index (χ0v) is 13.0. The molecule has 0 amide bonds. The number of aliphatic hydroxyl groups is 1. The van der Waals surface area contributed by atoms with Gasteiger partial charge in [-0.3, -0.25) is 4.79 Å². The molecule has 0 radical (unpaired) electrons. The quantitative estimate of drug-likeness (QED) is 0.515. The molecular formula is C14H32NO3+. The molecule has 0 aliphatic carbocycles. The number of unbranched alkanes of at least 4 members (excludes halogenated alkanes) is 4. The maximum atomic E-state index is 11.6. The smallest absolute Gasteiger partial charge is 0.306 e. The first-order valence-electron chi connectivity index (χ1n) is 6.65. The Balaban J connectivity index is 0. The lowest BCUT2D eigenvalue weighted by molar-refractivity contribution is -0.180.